The Balaban J connectivity index is 2.00. The fourth-order valence-electron chi connectivity index (χ4n) is 3.54. The molecule has 7 nitrogen and oxygen atoms in total. The predicted molar refractivity (Wildman–Crippen MR) is 116 cm³/mol. The Morgan fingerprint density at radius 1 is 1.09 bits per heavy atom. The topological polar surface area (TPSA) is 70.2 Å². The first-order valence-electron chi connectivity index (χ1n) is 10.8. The second-order valence-corrected chi connectivity index (χ2v) is 9.34. The van der Waals surface area contributed by atoms with Gasteiger partial charge in [-0.1, -0.05) is 0 Å². The lowest BCUT2D eigenvalue weighted by Gasteiger charge is -2.34. The van der Waals surface area contributed by atoms with Crippen LogP contribution in [0.25, 0.3) is 0 Å². The molecule has 0 spiro atoms. The summed E-state index contributed by atoms with van der Waals surface area (Å²) in [5.74, 6) is -3.14. The molecular weight excluding hydrogens is 420 g/mol. The van der Waals surface area contributed by atoms with E-state index in [1.54, 1.807) is 20.8 Å². The van der Waals surface area contributed by atoms with Gasteiger partial charge in [0.1, 0.15) is 23.8 Å². The van der Waals surface area contributed by atoms with Crippen LogP contribution in [0.4, 0.5) is 8.78 Å². The summed E-state index contributed by atoms with van der Waals surface area (Å²) < 4.78 is 32.4. The van der Waals surface area contributed by atoms with Crippen molar-refractivity contribution in [2.75, 3.05) is 46.8 Å². The van der Waals surface area contributed by atoms with Crippen LogP contribution >= 0.6 is 0 Å². The lowest BCUT2D eigenvalue weighted by atomic mass is 9.94. The van der Waals surface area contributed by atoms with Gasteiger partial charge in [0.25, 0.3) is 5.91 Å². The second kappa shape index (κ2) is 10.8. The smallest absolute Gasteiger partial charge is 0.326 e. The Bertz CT molecular complexity index is 831. The Labute approximate surface area is 188 Å². The van der Waals surface area contributed by atoms with E-state index in [-0.39, 0.29) is 37.0 Å². The molecule has 32 heavy (non-hydrogen) atoms. The minimum Gasteiger partial charge on any atom is -0.459 e. The standard InChI is InChI=1S/C23H33F2N3O4/c1-23(2,3)32-20(29)15-28(13-12-26(4)5)21(30)16-8-10-27(11-9-16)22(31)18-7-6-17(24)14-19(18)25/h6-7,14,16H,8-13,15H2,1-5H3. The van der Waals surface area contributed by atoms with E-state index in [1.165, 1.54) is 9.80 Å². The van der Waals surface area contributed by atoms with Gasteiger partial charge in [0.15, 0.2) is 0 Å². The number of amides is 2. The van der Waals surface area contributed by atoms with Gasteiger partial charge in [-0.3, -0.25) is 14.4 Å². The van der Waals surface area contributed by atoms with Gasteiger partial charge in [-0.15, -0.1) is 0 Å². The van der Waals surface area contributed by atoms with E-state index in [0.29, 0.717) is 32.0 Å². The summed E-state index contributed by atoms with van der Waals surface area (Å²) in [5.41, 5.74) is -0.831. The molecule has 0 saturated carbocycles. The van der Waals surface area contributed by atoms with Crippen molar-refractivity contribution in [3.8, 4) is 0 Å². The summed E-state index contributed by atoms with van der Waals surface area (Å²) in [6.45, 7) is 6.71. The van der Waals surface area contributed by atoms with E-state index in [2.05, 4.69) is 0 Å². The van der Waals surface area contributed by atoms with E-state index in [4.69, 9.17) is 4.74 Å². The van der Waals surface area contributed by atoms with E-state index < -0.39 is 29.1 Å². The van der Waals surface area contributed by atoms with E-state index >= 15 is 0 Å². The minimum atomic E-state index is -0.902. The molecule has 0 N–H and O–H groups in total. The number of halogens is 2. The highest BCUT2D eigenvalue weighted by atomic mass is 19.1. The summed E-state index contributed by atoms with van der Waals surface area (Å²) in [7, 11) is 3.77. The normalized spacial score (nSPS) is 15.1. The molecule has 1 aromatic rings. The number of nitrogens with zero attached hydrogens (tertiary/aromatic N) is 3. The number of hydrogen-bond acceptors (Lipinski definition) is 5. The molecule has 2 amide bonds. The highest BCUT2D eigenvalue weighted by molar-refractivity contribution is 5.94. The molecule has 1 heterocycles. The van der Waals surface area contributed by atoms with Crippen LogP contribution in [0.5, 0.6) is 0 Å². The van der Waals surface area contributed by atoms with Crippen LogP contribution < -0.4 is 0 Å². The van der Waals surface area contributed by atoms with Gasteiger partial charge in [0.05, 0.1) is 5.56 Å². The first kappa shape index (κ1) is 25.7. The quantitative estimate of drug-likeness (QED) is 0.594. The number of hydrogen-bond donors (Lipinski definition) is 0. The van der Waals surface area contributed by atoms with Crippen molar-refractivity contribution in [2.45, 2.75) is 39.2 Å². The zero-order valence-corrected chi connectivity index (χ0v) is 19.5. The maximum atomic E-state index is 14.0. The third kappa shape index (κ3) is 7.55. The van der Waals surface area contributed by atoms with Gasteiger partial charge in [0.2, 0.25) is 5.91 Å². The van der Waals surface area contributed by atoms with Crippen LogP contribution in [0.1, 0.15) is 44.0 Å². The Hall–Kier alpha value is -2.55. The van der Waals surface area contributed by atoms with Gasteiger partial charge < -0.3 is 19.4 Å². The molecule has 1 fully saturated rings. The van der Waals surface area contributed by atoms with E-state index in [0.717, 1.165) is 12.1 Å². The number of likely N-dealkylation sites (N-methyl/N-ethyl adjacent to an activating group) is 1. The van der Waals surface area contributed by atoms with Crippen molar-refractivity contribution < 1.29 is 27.9 Å². The summed E-state index contributed by atoms with van der Waals surface area (Å²) in [5, 5.41) is 0. The fourth-order valence-corrected chi connectivity index (χ4v) is 3.54. The average Bonchev–Trinajstić information content (AvgIpc) is 2.68. The minimum absolute atomic E-state index is 0.135. The van der Waals surface area contributed by atoms with Gasteiger partial charge in [0, 0.05) is 38.2 Å². The first-order valence-corrected chi connectivity index (χ1v) is 10.8. The molecule has 1 aliphatic heterocycles. The van der Waals surface area contributed by atoms with Crippen molar-refractivity contribution >= 4 is 17.8 Å². The molecule has 0 aromatic heterocycles. The summed E-state index contributed by atoms with van der Waals surface area (Å²) in [6.07, 6.45) is 0.806. The van der Waals surface area contributed by atoms with Gasteiger partial charge in [-0.25, -0.2) is 8.78 Å². The van der Waals surface area contributed by atoms with Crippen molar-refractivity contribution in [1.29, 1.82) is 0 Å². The summed E-state index contributed by atoms with van der Waals surface area (Å²) in [6, 6.07) is 2.86. The van der Waals surface area contributed by atoms with Crippen molar-refractivity contribution in [2.24, 2.45) is 5.92 Å². The van der Waals surface area contributed by atoms with Crippen molar-refractivity contribution in [3.63, 3.8) is 0 Å². The monoisotopic (exact) mass is 453 g/mol. The van der Waals surface area contributed by atoms with Crippen LogP contribution in [0.3, 0.4) is 0 Å². The van der Waals surface area contributed by atoms with Crippen molar-refractivity contribution in [3.05, 3.63) is 35.4 Å². The first-order chi connectivity index (χ1) is 14.9. The fraction of sp³-hybridized carbons (Fsp3) is 0.609. The predicted octanol–water partition coefficient (Wildman–Crippen LogP) is 2.55. The summed E-state index contributed by atoms with van der Waals surface area (Å²) in [4.78, 5) is 43.0. The molecular formula is C23H33F2N3O4. The maximum absolute atomic E-state index is 14.0. The molecule has 0 unspecified atom stereocenters. The number of rotatable bonds is 7. The number of esters is 1. The lowest BCUT2D eigenvalue weighted by Crippen LogP contribution is -2.48. The molecule has 0 radical (unpaired) electrons. The van der Waals surface area contributed by atoms with Crippen LogP contribution in [0.2, 0.25) is 0 Å². The molecule has 0 aliphatic carbocycles. The number of benzene rings is 1. The van der Waals surface area contributed by atoms with Crippen molar-refractivity contribution in [1.82, 2.24) is 14.7 Å². The molecule has 0 atom stereocenters. The van der Waals surface area contributed by atoms with E-state index in [1.807, 2.05) is 19.0 Å². The van der Waals surface area contributed by atoms with Gasteiger partial charge in [-0.2, -0.15) is 0 Å². The van der Waals surface area contributed by atoms with Crippen LogP contribution in [-0.2, 0) is 14.3 Å². The zero-order valence-electron chi connectivity index (χ0n) is 19.5. The number of piperidine rings is 1. The molecule has 178 valence electrons. The van der Waals surface area contributed by atoms with Crippen LogP contribution in [0, 0.1) is 17.6 Å². The highest BCUT2D eigenvalue weighted by Crippen LogP contribution is 2.22. The third-order valence-electron chi connectivity index (χ3n) is 5.16. The SMILES string of the molecule is CN(C)CCN(CC(=O)OC(C)(C)C)C(=O)C1CCN(C(=O)c2ccc(F)cc2F)CC1. The zero-order chi connectivity index (χ0) is 24.1. The third-order valence-corrected chi connectivity index (χ3v) is 5.16. The average molecular weight is 454 g/mol. The molecule has 1 aromatic carbocycles. The Kier molecular flexibility index (Phi) is 8.72. The second-order valence-electron chi connectivity index (χ2n) is 9.34. The van der Waals surface area contributed by atoms with Crippen LogP contribution in [-0.4, -0.2) is 84.9 Å². The number of carbonyl (C=O) groups excluding carboxylic acids is 3. The molecule has 0 bridgehead atoms. The van der Waals surface area contributed by atoms with Crippen LogP contribution in [0.15, 0.2) is 18.2 Å². The Morgan fingerprint density at radius 3 is 2.25 bits per heavy atom. The highest BCUT2D eigenvalue weighted by Gasteiger charge is 2.32. The molecule has 1 aliphatic rings. The van der Waals surface area contributed by atoms with E-state index in [9.17, 15) is 23.2 Å². The van der Waals surface area contributed by atoms with Gasteiger partial charge in [-0.05, 0) is 59.8 Å². The number of likely N-dealkylation sites (tertiary alicyclic amines) is 1. The molecule has 2 rings (SSSR count). The number of ether oxygens (including phenoxy) is 1. The molecule has 9 heteroatoms. The maximum Gasteiger partial charge on any atom is 0.326 e. The van der Waals surface area contributed by atoms with Gasteiger partial charge >= 0.3 is 5.97 Å². The Morgan fingerprint density at radius 2 is 1.72 bits per heavy atom. The lowest BCUT2D eigenvalue weighted by molar-refractivity contribution is -0.160. The summed E-state index contributed by atoms with van der Waals surface area (Å²) >= 11 is 0. The number of carbonyl (C=O) groups is 3. The largest absolute Gasteiger partial charge is 0.459 e. The molecule has 1 saturated heterocycles.